The molecule has 69 heavy (non-hydrogen) atoms. The topological polar surface area (TPSA) is 282 Å². The van der Waals surface area contributed by atoms with Crippen LogP contribution in [-0.2, 0) is 60.7 Å². The third kappa shape index (κ3) is 14.6. The van der Waals surface area contributed by atoms with Gasteiger partial charge in [-0.3, -0.25) is 38.4 Å². The number of rotatable bonds is 13. The molecule has 8 N–H and O–H groups in total. The number of esters is 1. The molecule has 376 valence electrons. The second kappa shape index (κ2) is 25.0. The van der Waals surface area contributed by atoms with Crippen LogP contribution in [0.15, 0.2) is 66.4 Å². The molecule has 2 bridgehead atoms. The van der Waals surface area contributed by atoms with Crippen LogP contribution in [0.2, 0.25) is 0 Å². The number of ether oxygens (including phenoxy) is 1. The van der Waals surface area contributed by atoms with Crippen molar-refractivity contribution in [3.8, 4) is 5.75 Å². The summed E-state index contributed by atoms with van der Waals surface area (Å²) in [5.74, 6) is -8.62. The molecule has 0 radical (unpaired) electrons. The van der Waals surface area contributed by atoms with Crippen LogP contribution in [0, 0.1) is 11.8 Å². The van der Waals surface area contributed by atoms with E-state index in [0.717, 1.165) is 9.80 Å². The lowest BCUT2D eigenvalue weighted by Gasteiger charge is -2.43. The summed E-state index contributed by atoms with van der Waals surface area (Å²) in [4.78, 5) is 128. The van der Waals surface area contributed by atoms with E-state index in [1.54, 1.807) is 77.1 Å². The summed E-state index contributed by atoms with van der Waals surface area (Å²) in [5.41, 5.74) is 0.751. The van der Waals surface area contributed by atoms with Gasteiger partial charge in [-0.25, -0.2) is 4.79 Å². The van der Waals surface area contributed by atoms with E-state index in [-0.39, 0.29) is 49.5 Å². The molecule has 2 saturated heterocycles. The number of carbonyl (C=O) groups is 9. The second-order valence-electron chi connectivity index (χ2n) is 18.2. The van der Waals surface area contributed by atoms with Crippen molar-refractivity contribution >= 4 is 53.2 Å². The number of phenols is 1. The van der Waals surface area contributed by atoms with E-state index in [4.69, 9.17) is 4.74 Å². The van der Waals surface area contributed by atoms with Gasteiger partial charge in [-0.15, -0.1) is 0 Å². The van der Waals surface area contributed by atoms with Gasteiger partial charge in [0.25, 0.3) is 11.8 Å². The van der Waals surface area contributed by atoms with Crippen molar-refractivity contribution in [3.05, 3.63) is 77.5 Å². The summed E-state index contributed by atoms with van der Waals surface area (Å²) < 4.78 is 5.85. The van der Waals surface area contributed by atoms with Crippen LogP contribution in [0.25, 0.3) is 0 Å². The van der Waals surface area contributed by atoms with Crippen LogP contribution in [0.3, 0.4) is 0 Å². The fourth-order valence-corrected chi connectivity index (χ4v) is 8.03. The lowest BCUT2D eigenvalue weighted by molar-refractivity contribution is -0.165. The predicted molar refractivity (Wildman–Crippen MR) is 252 cm³/mol. The number of benzene rings is 2. The number of piperidine rings is 1. The first-order chi connectivity index (χ1) is 32.6. The van der Waals surface area contributed by atoms with Crippen LogP contribution < -0.4 is 31.9 Å². The summed E-state index contributed by atoms with van der Waals surface area (Å²) in [6.07, 6.45) is -1.44. The smallest absolute Gasteiger partial charge is 0.329 e. The molecule has 2 aliphatic heterocycles. The first-order valence-corrected chi connectivity index (χ1v) is 23.4. The lowest BCUT2D eigenvalue weighted by atomic mass is 9.95. The quantitative estimate of drug-likeness (QED) is 0.102. The Labute approximate surface area is 402 Å². The Hall–Kier alpha value is -6.83. The van der Waals surface area contributed by atoms with Gasteiger partial charge in [0.1, 0.15) is 66.1 Å². The highest BCUT2D eigenvalue weighted by atomic mass is 16.5. The minimum atomic E-state index is -1.75. The van der Waals surface area contributed by atoms with Crippen LogP contribution in [0.5, 0.6) is 5.75 Å². The van der Waals surface area contributed by atoms with Gasteiger partial charge in [-0.1, -0.05) is 83.2 Å². The Morgan fingerprint density at radius 3 is 2.04 bits per heavy atom. The molecule has 0 spiro atoms. The zero-order valence-electron chi connectivity index (χ0n) is 40.7. The molecule has 8 amide bonds. The Morgan fingerprint density at radius 1 is 0.826 bits per heavy atom. The number of phenolic OH excluding ortho intramolecular Hbond substituents is 1. The molecular weight excluding hydrogens is 893 g/mol. The number of allylic oxidation sites excluding steroid dienone is 1. The first-order valence-electron chi connectivity index (χ1n) is 23.4. The molecule has 9 atom stereocenters. The summed E-state index contributed by atoms with van der Waals surface area (Å²) in [5, 5.41) is 37.1. The largest absolute Gasteiger partial charge is 0.508 e. The number of nitrogens with zero attached hydrogens (tertiary/aromatic N) is 2. The molecule has 0 aliphatic carbocycles. The standard InChI is InChI=1S/C49H68N8O12/c1-10-15-37(59)50-28(7)42(61)53-39(26(3)4)45(64)55-41-29(8)69-49(68)40(27(5)6)54-44(63)35(24-31-18-20-32(58)21-19-31)56(9)48(67)36(25-30-16-13-12-14-17-30)57-38(60)23-22-34(47(57)66)52-43(62)33(11-2)51-46(41)65/h11-14,16-21,26-29,34-36,38-41,58,60H,10,15,22-25H2,1-9H3,(H,50,59)(H,51,65)(H,52,62)(H,53,61)(H,54,63)(H,55,64)/t28-,29-,34-,35-,36-,38+,39-,40-,41-/m1/s1. The molecule has 0 saturated carbocycles. The number of amides is 8. The van der Waals surface area contributed by atoms with Crippen LogP contribution in [0.1, 0.15) is 92.2 Å². The van der Waals surface area contributed by atoms with E-state index in [9.17, 15) is 53.4 Å². The highest BCUT2D eigenvalue weighted by Crippen LogP contribution is 2.25. The van der Waals surface area contributed by atoms with E-state index < -0.39 is 114 Å². The van der Waals surface area contributed by atoms with Crippen molar-refractivity contribution in [1.82, 2.24) is 41.7 Å². The average Bonchev–Trinajstić information content (AvgIpc) is 3.30. The zero-order valence-corrected chi connectivity index (χ0v) is 40.7. The number of aromatic hydroxyl groups is 1. The first kappa shape index (κ1) is 54.8. The highest BCUT2D eigenvalue weighted by Gasteiger charge is 2.45. The number of aliphatic hydroxyl groups is 1. The minimum Gasteiger partial charge on any atom is -0.508 e. The number of carbonyl (C=O) groups excluding carboxylic acids is 9. The summed E-state index contributed by atoms with van der Waals surface area (Å²) >= 11 is 0. The summed E-state index contributed by atoms with van der Waals surface area (Å²) in [6.45, 7) is 12.5. The highest BCUT2D eigenvalue weighted by molar-refractivity contribution is 6.03. The molecule has 0 unspecified atom stereocenters. The van der Waals surface area contributed by atoms with E-state index in [1.807, 2.05) is 0 Å². The maximum Gasteiger partial charge on any atom is 0.329 e. The molecule has 20 nitrogen and oxygen atoms in total. The molecule has 0 aromatic heterocycles. The van der Waals surface area contributed by atoms with E-state index in [1.165, 1.54) is 46.0 Å². The molecule has 2 aromatic rings. The number of cyclic esters (lactones) is 1. The molecular formula is C49H68N8O12. The van der Waals surface area contributed by atoms with E-state index in [2.05, 4.69) is 31.9 Å². The van der Waals surface area contributed by atoms with E-state index in [0.29, 0.717) is 17.5 Å². The monoisotopic (exact) mass is 960 g/mol. The number of likely N-dealkylation sites (N-methyl/N-ethyl adjacent to an activating group) is 1. The molecule has 2 aromatic carbocycles. The van der Waals surface area contributed by atoms with E-state index >= 15 is 0 Å². The molecule has 2 heterocycles. The Balaban J connectivity index is 1.82. The number of fused-ring (bicyclic) bond motifs is 2. The second-order valence-corrected chi connectivity index (χ2v) is 18.2. The van der Waals surface area contributed by atoms with Crippen molar-refractivity contribution in [1.29, 1.82) is 0 Å². The third-order valence-corrected chi connectivity index (χ3v) is 12.1. The lowest BCUT2D eigenvalue weighted by Crippen LogP contribution is -2.64. The van der Waals surface area contributed by atoms with Gasteiger partial charge in [-0.05, 0) is 75.1 Å². The van der Waals surface area contributed by atoms with Crippen LogP contribution in [-0.4, -0.2) is 135 Å². The average molecular weight is 961 g/mol. The van der Waals surface area contributed by atoms with Crippen LogP contribution in [0.4, 0.5) is 0 Å². The summed E-state index contributed by atoms with van der Waals surface area (Å²) in [6, 6.07) is 5.03. The van der Waals surface area contributed by atoms with Crippen LogP contribution >= 0.6 is 0 Å². The number of hydrogen-bond acceptors (Lipinski definition) is 12. The molecule has 2 aliphatic rings. The van der Waals surface area contributed by atoms with Gasteiger partial charge < -0.3 is 56.7 Å². The minimum absolute atomic E-state index is 0.0522. The van der Waals surface area contributed by atoms with Gasteiger partial charge in [0, 0.05) is 26.3 Å². The number of aliphatic hydroxyl groups excluding tert-OH is 1. The molecule has 4 rings (SSSR count). The maximum absolute atomic E-state index is 15.0. The van der Waals surface area contributed by atoms with Crippen molar-refractivity contribution in [2.75, 3.05) is 7.05 Å². The van der Waals surface area contributed by atoms with Gasteiger partial charge in [0.05, 0.1) is 0 Å². The maximum atomic E-state index is 15.0. The Bertz CT molecular complexity index is 2220. The van der Waals surface area contributed by atoms with Crippen molar-refractivity contribution < 1.29 is 58.1 Å². The molecule has 2 fully saturated rings. The van der Waals surface area contributed by atoms with Gasteiger partial charge in [0.2, 0.25) is 35.4 Å². The van der Waals surface area contributed by atoms with Crippen molar-refractivity contribution in [2.45, 2.75) is 149 Å². The fourth-order valence-electron chi connectivity index (χ4n) is 8.03. The SMILES string of the molecule is CC=C1NC(=O)[C@H](NC(=O)[C@H](NC(=O)[C@@H](C)NC(=O)CCC)C(C)C)[C@@H](C)OC(=O)[C@@H](C(C)C)NC(=O)[C@@H](Cc2ccc(O)cc2)N(C)C(=O)[C@@H](Cc2ccccc2)N2C(=O)[C@@H](CC[C@@H]2O)NC1=O. The van der Waals surface area contributed by atoms with Gasteiger partial charge in [0.15, 0.2) is 0 Å². The van der Waals surface area contributed by atoms with Gasteiger partial charge >= 0.3 is 5.97 Å². The number of nitrogens with one attached hydrogen (secondary N) is 6. The molecule has 20 heteroatoms. The Kier molecular flexibility index (Phi) is 19.8. The Morgan fingerprint density at radius 2 is 1.45 bits per heavy atom. The zero-order chi connectivity index (χ0) is 51.3. The number of hydrogen-bond donors (Lipinski definition) is 8. The van der Waals surface area contributed by atoms with Gasteiger partial charge in [-0.2, -0.15) is 0 Å². The predicted octanol–water partition coefficient (Wildman–Crippen LogP) is 0.835. The normalized spacial score (nSPS) is 24.8. The summed E-state index contributed by atoms with van der Waals surface area (Å²) in [7, 11) is 1.36. The van der Waals surface area contributed by atoms with Crippen molar-refractivity contribution in [3.63, 3.8) is 0 Å². The fraction of sp³-hybridized carbons (Fsp3) is 0.531. The third-order valence-electron chi connectivity index (χ3n) is 12.1. The van der Waals surface area contributed by atoms with Crippen molar-refractivity contribution in [2.24, 2.45) is 11.8 Å².